The summed E-state index contributed by atoms with van der Waals surface area (Å²) in [6, 6.07) is 14.1. The summed E-state index contributed by atoms with van der Waals surface area (Å²) in [7, 11) is 0. The molecule has 5 heteroatoms. The molecule has 3 saturated heterocycles. The zero-order valence-electron chi connectivity index (χ0n) is 14.7. The third-order valence-corrected chi connectivity index (χ3v) is 5.19. The van der Waals surface area contributed by atoms with Crippen molar-refractivity contribution in [2.45, 2.75) is 25.6 Å². The van der Waals surface area contributed by atoms with Crippen molar-refractivity contribution >= 4 is 6.21 Å². The van der Waals surface area contributed by atoms with Gasteiger partial charge in [0.25, 0.3) is 0 Å². The van der Waals surface area contributed by atoms with E-state index >= 15 is 0 Å². The number of ether oxygens (including phenoxy) is 1. The molecule has 0 amide bonds. The van der Waals surface area contributed by atoms with Crippen molar-refractivity contribution in [2.75, 3.05) is 19.6 Å². The van der Waals surface area contributed by atoms with E-state index in [4.69, 9.17) is 9.57 Å². The van der Waals surface area contributed by atoms with Gasteiger partial charge < -0.3 is 9.57 Å². The highest BCUT2D eigenvalue weighted by Gasteiger charge is 2.35. The highest BCUT2D eigenvalue weighted by atomic mass is 19.1. The lowest BCUT2D eigenvalue weighted by Crippen LogP contribution is -2.50. The van der Waals surface area contributed by atoms with Gasteiger partial charge in [0.05, 0.1) is 6.21 Å². The second kappa shape index (κ2) is 7.87. The summed E-state index contributed by atoms with van der Waals surface area (Å²) in [5.41, 5.74) is 1.64. The smallest absolute Gasteiger partial charge is 0.143 e. The van der Waals surface area contributed by atoms with Gasteiger partial charge in [-0.3, -0.25) is 4.90 Å². The van der Waals surface area contributed by atoms with Crippen LogP contribution in [0.4, 0.5) is 4.39 Å². The Labute approximate surface area is 153 Å². The van der Waals surface area contributed by atoms with Crippen LogP contribution in [0.2, 0.25) is 0 Å². The molecule has 3 aliphatic rings. The molecular formula is C21H23FN2O2. The van der Waals surface area contributed by atoms with E-state index in [1.165, 1.54) is 38.1 Å². The highest BCUT2D eigenvalue weighted by Crippen LogP contribution is 2.29. The van der Waals surface area contributed by atoms with Crippen molar-refractivity contribution in [1.29, 1.82) is 0 Å². The van der Waals surface area contributed by atoms with Gasteiger partial charge in [0.15, 0.2) is 0 Å². The lowest BCUT2D eigenvalue weighted by molar-refractivity contribution is -0.0675. The van der Waals surface area contributed by atoms with E-state index in [9.17, 15) is 4.39 Å². The second-order valence-corrected chi connectivity index (χ2v) is 6.97. The van der Waals surface area contributed by atoms with Gasteiger partial charge in [-0.1, -0.05) is 29.4 Å². The number of nitrogens with zero attached hydrogens (tertiary/aromatic N) is 2. The van der Waals surface area contributed by atoms with Crippen LogP contribution in [-0.4, -0.2) is 36.9 Å². The average molecular weight is 354 g/mol. The van der Waals surface area contributed by atoms with E-state index in [2.05, 4.69) is 10.1 Å². The molecule has 1 unspecified atom stereocenters. The standard InChI is InChI=1S/C21H23FN2O2/c22-19-6-3-4-16(12-19)15-25-20-7-2-1-5-18(20)13-23-26-21-14-24-10-8-17(21)9-11-24/h1-7,12-13,17,21H,8-11,14-15H2/b23-13+. The molecule has 2 aromatic rings. The third-order valence-electron chi connectivity index (χ3n) is 5.19. The molecule has 2 bridgehead atoms. The summed E-state index contributed by atoms with van der Waals surface area (Å²) >= 11 is 0. The third kappa shape index (κ3) is 4.05. The zero-order chi connectivity index (χ0) is 17.8. The molecule has 136 valence electrons. The van der Waals surface area contributed by atoms with Crippen LogP contribution >= 0.6 is 0 Å². The van der Waals surface area contributed by atoms with Gasteiger partial charge in [-0.15, -0.1) is 0 Å². The van der Waals surface area contributed by atoms with Gasteiger partial charge in [-0.25, -0.2) is 4.39 Å². The van der Waals surface area contributed by atoms with E-state index < -0.39 is 0 Å². The number of fused-ring (bicyclic) bond motifs is 3. The molecule has 0 aliphatic carbocycles. The summed E-state index contributed by atoms with van der Waals surface area (Å²) in [4.78, 5) is 8.22. The van der Waals surface area contributed by atoms with E-state index in [0.717, 1.165) is 17.7 Å². The number of rotatable bonds is 6. The SMILES string of the molecule is Fc1cccc(COc2ccccc2/C=N/OC2CN3CCC2CC3)c1. The Morgan fingerprint density at radius 3 is 2.73 bits per heavy atom. The number of hydrogen-bond acceptors (Lipinski definition) is 4. The Kier molecular flexibility index (Phi) is 5.16. The van der Waals surface area contributed by atoms with Crippen molar-refractivity contribution in [3.05, 3.63) is 65.5 Å². The molecule has 2 aromatic carbocycles. The monoisotopic (exact) mass is 354 g/mol. The van der Waals surface area contributed by atoms with Crippen LogP contribution in [0.1, 0.15) is 24.0 Å². The van der Waals surface area contributed by atoms with Gasteiger partial charge in [0, 0.05) is 18.0 Å². The van der Waals surface area contributed by atoms with Crippen molar-refractivity contribution in [1.82, 2.24) is 4.90 Å². The van der Waals surface area contributed by atoms with Gasteiger partial charge >= 0.3 is 0 Å². The Bertz CT molecular complexity index is 772. The molecule has 3 fully saturated rings. The first-order chi connectivity index (χ1) is 12.8. The predicted octanol–water partition coefficient (Wildman–Crippen LogP) is 3.85. The summed E-state index contributed by atoms with van der Waals surface area (Å²) < 4.78 is 19.1. The Morgan fingerprint density at radius 2 is 1.96 bits per heavy atom. The minimum Gasteiger partial charge on any atom is -0.488 e. The molecule has 0 N–H and O–H groups in total. The average Bonchev–Trinajstić information content (AvgIpc) is 2.68. The molecule has 0 aromatic heterocycles. The van der Waals surface area contributed by atoms with Gasteiger partial charge in [-0.05, 0) is 55.8 Å². The first kappa shape index (κ1) is 17.0. The van der Waals surface area contributed by atoms with Crippen molar-refractivity contribution in [3.63, 3.8) is 0 Å². The van der Waals surface area contributed by atoms with Crippen LogP contribution in [-0.2, 0) is 11.4 Å². The first-order valence-corrected chi connectivity index (χ1v) is 9.16. The maximum atomic E-state index is 13.3. The van der Waals surface area contributed by atoms with Gasteiger partial charge in [0.2, 0.25) is 0 Å². The molecule has 0 radical (unpaired) electrons. The van der Waals surface area contributed by atoms with Crippen LogP contribution < -0.4 is 4.74 Å². The van der Waals surface area contributed by atoms with Crippen LogP contribution in [0.5, 0.6) is 5.75 Å². The van der Waals surface area contributed by atoms with E-state index in [1.807, 2.05) is 30.3 Å². The zero-order valence-corrected chi connectivity index (χ0v) is 14.7. The molecule has 5 rings (SSSR count). The molecule has 4 nitrogen and oxygen atoms in total. The summed E-state index contributed by atoms with van der Waals surface area (Å²) in [5.74, 6) is 1.07. The Balaban J connectivity index is 1.37. The number of oxime groups is 1. The largest absolute Gasteiger partial charge is 0.488 e. The highest BCUT2D eigenvalue weighted by molar-refractivity contribution is 5.83. The fourth-order valence-corrected chi connectivity index (χ4v) is 3.70. The quantitative estimate of drug-likeness (QED) is 0.584. The van der Waals surface area contributed by atoms with Gasteiger partial charge in [0.1, 0.15) is 24.3 Å². The molecule has 3 heterocycles. The summed E-state index contributed by atoms with van der Waals surface area (Å²) in [5, 5.41) is 4.22. The van der Waals surface area contributed by atoms with Gasteiger partial charge in [-0.2, -0.15) is 0 Å². The normalized spacial score (nSPS) is 24.7. The fourth-order valence-electron chi connectivity index (χ4n) is 3.70. The lowest BCUT2D eigenvalue weighted by atomic mass is 9.86. The molecule has 0 spiro atoms. The van der Waals surface area contributed by atoms with Crippen molar-refractivity contribution < 1.29 is 14.0 Å². The molecule has 0 saturated carbocycles. The van der Waals surface area contributed by atoms with E-state index in [-0.39, 0.29) is 11.9 Å². The van der Waals surface area contributed by atoms with Crippen LogP contribution in [0.3, 0.4) is 0 Å². The molecule has 1 atom stereocenters. The topological polar surface area (TPSA) is 34.1 Å². The first-order valence-electron chi connectivity index (χ1n) is 9.16. The van der Waals surface area contributed by atoms with Crippen molar-refractivity contribution in [2.24, 2.45) is 11.1 Å². The number of piperidine rings is 3. The number of hydrogen-bond donors (Lipinski definition) is 0. The fraction of sp³-hybridized carbons (Fsp3) is 0.381. The molecule has 26 heavy (non-hydrogen) atoms. The van der Waals surface area contributed by atoms with E-state index in [1.54, 1.807) is 12.3 Å². The molecular weight excluding hydrogens is 331 g/mol. The second-order valence-electron chi connectivity index (χ2n) is 6.97. The minimum atomic E-state index is -0.258. The number of halogens is 1. The maximum absolute atomic E-state index is 13.3. The van der Waals surface area contributed by atoms with E-state index in [0.29, 0.717) is 18.3 Å². The number of para-hydroxylation sites is 1. The Morgan fingerprint density at radius 1 is 1.12 bits per heavy atom. The van der Waals surface area contributed by atoms with Crippen LogP contribution in [0.15, 0.2) is 53.7 Å². The van der Waals surface area contributed by atoms with Crippen molar-refractivity contribution in [3.8, 4) is 5.75 Å². The minimum absolute atomic E-state index is 0.189. The van der Waals surface area contributed by atoms with Crippen LogP contribution in [0, 0.1) is 11.7 Å². The van der Waals surface area contributed by atoms with Crippen LogP contribution in [0.25, 0.3) is 0 Å². The summed E-state index contributed by atoms with van der Waals surface area (Å²) in [6.07, 6.45) is 4.30. The predicted molar refractivity (Wildman–Crippen MR) is 98.8 cm³/mol. The number of benzene rings is 2. The summed E-state index contributed by atoms with van der Waals surface area (Å²) in [6.45, 7) is 3.65. The Hall–Kier alpha value is -2.40. The lowest BCUT2D eigenvalue weighted by Gasteiger charge is -2.42. The maximum Gasteiger partial charge on any atom is 0.143 e. The molecule has 3 aliphatic heterocycles.